The van der Waals surface area contributed by atoms with E-state index < -0.39 is 4.92 Å². The van der Waals surface area contributed by atoms with Gasteiger partial charge in [-0.05, 0) is 12.1 Å². The molecule has 0 spiro atoms. The smallest absolute Gasteiger partial charge is 0.270 e. The topological polar surface area (TPSA) is 82.2 Å². The van der Waals surface area contributed by atoms with Crippen LogP contribution >= 0.6 is 0 Å². The molecule has 0 N–H and O–H groups in total. The van der Waals surface area contributed by atoms with Crippen LogP contribution in [0.2, 0.25) is 0 Å². The van der Waals surface area contributed by atoms with Crippen LogP contribution in [-0.2, 0) is 0 Å². The summed E-state index contributed by atoms with van der Waals surface area (Å²) in [7, 11) is 0. The number of hydrogen-bond acceptors (Lipinski definition) is 4. The molecule has 1 heterocycles. The zero-order valence-corrected chi connectivity index (χ0v) is 8.91. The molecular formula is C11H8N2O4. The summed E-state index contributed by atoms with van der Waals surface area (Å²) in [6.45, 7) is 1.33. The highest BCUT2D eigenvalue weighted by Gasteiger charge is 2.14. The third-order valence-electron chi connectivity index (χ3n) is 2.46. The van der Waals surface area contributed by atoms with Gasteiger partial charge in [0.25, 0.3) is 5.69 Å². The Morgan fingerprint density at radius 1 is 1.41 bits per heavy atom. The molecule has 0 aliphatic carbocycles. The monoisotopic (exact) mass is 232 g/mol. The second-order valence-electron chi connectivity index (χ2n) is 3.54. The van der Waals surface area contributed by atoms with E-state index >= 15 is 0 Å². The third kappa shape index (κ3) is 1.69. The quantitative estimate of drug-likeness (QED) is 0.450. The number of aromatic nitrogens is 1. The largest absolute Gasteiger partial charge is 0.296 e. The van der Waals surface area contributed by atoms with Crippen LogP contribution in [0.25, 0.3) is 10.9 Å². The van der Waals surface area contributed by atoms with E-state index in [0.29, 0.717) is 17.2 Å². The van der Waals surface area contributed by atoms with Gasteiger partial charge in [0.15, 0.2) is 6.29 Å². The van der Waals surface area contributed by atoms with E-state index in [-0.39, 0.29) is 17.3 Å². The fourth-order valence-corrected chi connectivity index (χ4v) is 1.78. The summed E-state index contributed by atoms with van der Waals surface area (Å²) in [5, 5.41) is 11.1. The van der Waals surface area contributed by atoms with Crippen LogP contribution in [0.4, 0.5) is 5.69 Å². The number of nitro groups is 1. The molecule has 0 amide bonds. The molecule has 0 unspecified atom stereocenters. The van der Waals surface area contributed by atoms with Gasteiger partial charge in [-0.25, -0.2) is 0 Å². The SMILES string of the molecule is CC(=O)n1c(C=O)cc2cc([N+](=O)[O-])ccc21. The van der Waals surface area contributed by atoms with Crippen molar-refractivity contribution in [2.24, 2.45) is 0 Å². The Morgan fingerprint density at radius 2 is 2.12 bits per heavy atom. The third-order valence-corrected chi connectivity index (χ3v) is 2.46. The number of nitro benzene ring substituents is 1. The molecular weight excluding hydrogens is 224 g/mol. The lowest BCUT2D eigenvalue weighted by Gasteiger charge is -2.00. The van der Waals surface area contributed by atoms with Crippen LogP contribution in [0.15, 0.2) is 24.3 Å². The Labute approximate surface area is 95.6 Å². The van der Waals surface area contributed by atoms with Crippen molar-refractivity contribution in [1.29, 1.82) is 0 Å². The standard InChI is InChI=1S/C11H8N2O4/c1-7(15)12-10(6-14)5-8-4-9(13(16)17)2-3-11(8)12/h2-6H,1H3. The maximum Gasteiger partial charge on any atom is 0.270 e. The lowest BCUT2D eigenvalue weighted by Crippen LogP contribution is -2.08. The van der Waals surface area contributed by atoms with E-state index in [4.69, 9.17) is 0 Å². The predicted octanol–water partition coefficient (Wildman–Crippen LogP) is 2.02. The number of carbonyl (C=O) groups excluding carboxylic acids is 2. The lowest BCUT2D eigenvalue weighted by molar-refractivity contribution is -0.384. The molecule has 0 radical (unpaired) electrons. The average Bonchev–Trinajstić information content (AvgIpc) is 2.65. The van der Waals surface area contributed by atoms with Crippen LogP contribution < -0.4 is 0 Å². The van der Waals surface area contributed by atoms with Gasteiger partial charge in [0.1, 0.15) is 0 Å². The Morgan fingerprint density at radius 3 is 2.65 bits per heavy atom. The van der Waals surface area contributed by atoms with Crippen molar-refractivity contribution < 1.29 is 14.5 Å². The van der Waals surface area contributed by atoms with E-state index in [1.165, 1.54) is 35.8 Å². The number of aldehydes is 1. The predicted molar refractivity (Wildman–Crippen MR) is 60.3 cm³/mol. The van der Waals surface area contributed by atoms with Crippen molar-refractivity contribution in [2.75, 3.05) is 0 Å². The van der Waals surface area contributed by atoms with Gasteiger partial charge < -0.3 is 0 Å². The second kappa shape index (κ2) is 3.82. The molecule has 1 aromatic heterocycles. The minimum Gasteiger partial charge on any atom is -0.296 e. The molecule has 0 aliphatic rings. The first-order valence-electron chi connectivity index (χ1n) is 4.80. The second-order valence-corrected chi connectivity index (χ2v) is 3.54. The van der Waals surface area contributed by atoms with Gasteiger partial charge in [-0.15, -0.1) is 0 Å². The highest BCUT2D eigenvalue weighted by molar-refractivity contribution is 5.99. The Balaban J connectivity index is 2.78. The molecule has 0 fully saturated rings. The van der Waals surface area contributed by atoms with Gasteiger partial charge in [0, 0.05) is 24.4 Å². The summed E-state index contributed by atoms with van der Waals surface area (Å²) >= 11 is 0. The minimum atomic E-state index is -0.523. The molecule has 0 saturated carbocycles. The van der Waals surface area contributed by atoms with Crippen molar-refractivity contribution in [3.8, 4) is 0 Å². The Kier molecular flexibility index (Phi) is 2.47. The summed E-state index contributed by atoms with van der Waals surface area (Å²) in [4.78, 5) is 32.3. The van der Waals surface area contributed by atoms with Gasteiger partial charge in [-0.2, -0.15) is 0 Å². The normalized spacial score (nSPS) is 10.4. The number of benzene rings is 1. The first-order valence-corrected chi connectivity index (χ1v) is 4.80. The van der Waals surface area contributed by atoms with E-state index in [2.05, 4.69) is 0 Å². The molecule has 0 atom stereocenters. The summed E-state index contributed by atoms with van der Waals surface area (Å²) in [6.07, 6.45) is 0.549. The van der Waals surface area contributed by atoms with Gasteiger partial charge in [-0.3, -0.25) is 24.3 Å². The number of fused-ring (bicyclic) bond motifs is 1. The summed E-state index contributed by atoms with van der Waals surface area (Å²) in [5.41, 5.74) is 0.605. The summed E-state index contributed by atoms with van der Waals surface area (Å²) in [6, 6.07) is 5.55. The van der Waals surface area contributed by atoms with Crippen LogP contribution in [0.1, 0.15) is 22.2 Å². The number of rotatable bonds is 2. The van der Waals surface area contributed by atoms with Crippen molar-refractivity contribution >= 4 is 28.8 Å². The summed E-state index contributed by atoms with van der Waals surface area (Å²) in [5.74, 6) is -0.309. The molecule has 1 aromatic carbocycles. The fourth-order valence-electron chi connectivity index (χ4n) is 1.78. The zero-order valence-electron chi connectivity index (χ0n) is 8.91. The fraction of sp³-hybridized carbons (Fsp3) is 0.0909. The molecule has 0 saturated heterocycles. The van der Waals surface area contributed by atoms with E-state index in [9.17, 15) is 19.7 Å². The van der Waals surface area contributed by atoms with E-state index in [1.807, 2.05) is 0 Å². The lowest BCUT2D eigenvalue weighted by atomic mass is 10.2. The van der Waals surface area contributed by atoms with Crippen LogP contribution in [0.3, 0.4) is 0 Å². The minimum absolute atomic E-state index is 0.0735. The molecule has 6 heteroatoms. The van der Waals surface area contributed by atoms with Crippen molar-refractivity contribution in [1.82, 2.24) is 4.57 Å². The molecule has 6 nitrogen and oxygen atoms in total. The molecule has 2 aromatic rings. The van der Waals surface area contributed by atoms with Gasteiger partial charge >= 0.3 is 0 Å². The Hall–Kier alpha value is -2.50. The highest BCUT2D eigenvalue weighted by Crippen LogP contribution is 2.23. The highest BCUT2D eigenvalue weighted by atomic mass is 16.6. The number of carbonyl (C=O) groups is 2. The van der Waals surface area contributed by atoms with Gasteiger partial charge in [-0.1, -0.05) is 0 Å². The number of hydrogen-bond donors (Lipinski definition) is 0. The maximum absolute atomic E-state index is 11.4. The first-order chi connectivity index (χ1) is 8.04. The maximum atomic E-state index is 11.4. The van der Waals surface area contributed by atoms with Gasteiger partial charge in [0.05, 0.1) is 16.1 Å². The molecule has 86 valence electrons. The van der Waals surface area contributed by atoms with E-state index in [0.717, 1.165) is 0 Å². The first kappa shape index (κ1) is 11.0. The Bertz CT molecular complexity index is 642. The zero-order chi connectivity index (χ0) is 12.6. The van der Waals surface area contributed by atoms with E-state index in [1.54, 1.807) is 0 Å². The van der Waals surface area contributed by atoms with Crippen LogP contribution in [-0.4, -0.2) is 21.7 Å². The van der Waals surface area contributed by atoms with Crippen molar-refractivity contribution in [2.45, 2.75) is 6.92 Å². The van der Waals surface area contributed by atoms with Crippen molar-refractivity contribution in [3.05, 3.63) is 40.1 Å². The molecule has 17 heavy (non-hydrogen) atoms. The summed E-state index contributed by atoms with van der Waals surface area (Å²) < 4.78 is 1.23. The molecule has 0 bridgehead atoms. The molecule has 2 rings (SSSR count). The number of nitrogens with zero attached hydrogens (tertiary/aromatic N) is 2. The van der Waals surface area contributed by atoms with Crippen molar-refractivity contribution in [3.63, 3.8) is 0 Å². The molecule has 0 aliphatic heterocycles. The van der Waals surface area contributed by atoms with Crippen LogP contribution in [0, 0.1) is 10.1 Å². The van der Waals surface area contributed by atoms with Crippen LogP contribution in [0.5, 0.6) is 0 Å². The number of non-ortho nitro benzene ring substituents is 1. The van der Waals surface area contributed by atoms with Gasteiger partial charge in [0.2, 0.25) is 5.91 Å². The average molecular weight is 232 g/mol.